The lowest BCUT2D eigenvalue weighted by Gasteiger charge is -2.22. The third-order valence-corrected chi connectivity index (χ3v) is 4.73. The van der Waals surface area contributed by atoms with Gasteiger partial charge in [0.2, 0.25) is 0 Å². The monoisotopic (exact) mass is 296 g/mol. The molecule has 1 heteroatoms. The Morgan fingerprint density at radius 1 is 0.833 bits per heavy atom. The quantitative estimate of drug-likeness (QED) is 0.488. The first-order valence-electron chi connectivity index (χ1n) is 6.25. The van der Waals surface area contributed by atoms with E-state index >= 15 is 0 Å². The summed E-state index contributed by atoms with van der Waals surface area (Å²) in [6.45, 7) is 4.64. The average Bonchev–Trinajstić information content (AvgIpc) is 2.57. The van der Waals surface area contributed by atoms with Crippen molar-refractivity contribution in [1.29, 1.82) is 0 Å². The maximum atomic E-state index is 3.64. The predicted octanol–water partition coefficient (Wildman–Crippen LogP) is 5.39. The number of halogens is 1. The van der Waals surface area contributed by atoms with Crippen molar-refractivity contribution >= 4 is 37.5 Å². The average molecular weight is 297 g/mol. The van der Waals surface area contributed by atoms with E-state index in [-0.39, 0.29) is 5.41 Å². The van der Waals surface area contributed by atoms with E-state index in [9.17, 15) is 0 Å². The zero-order valence-corrected chi connectivity index (χ0v) is 12.0. The van der Waals surface area contributed by atoms with Crippen LogP contribution in [-0.2, 0) is 5.41 Å². The fraction of sp³-hybridized carbons (Fsp3) is 0.176. The summed E-state index contributed by atoms with van der Waals surface area (Å²) in [6, 6.07) is 15.6. The summed E-state index contributed by atoms with van der Waals surface area (Å²) < 4.78 is 1.17. The van der Waals surface area contributed by atoms with Crippen molar-refractivity contribution in [2.24, 2.45) is 0 Å². The molecule has 1 aliphatic carbocycles. The van der Waals surface area contributed by atoms with E-state index < -0.39 is 0 Å². The fourth-order valence-corrected chi connectivity index (χ4v) is 3.84. The molecule has 0 atom stereocenters. The minimum atomic E-state index is 0.102. The molecule has 0 unspecified atom stereocenters. The van der Waals surface area contributed by atoms with Crippen LogP contribution in [0.5, 0.6) is 0 Å². The Labute approximate surface area is 115 Å². The first kappa shape index (κ1) is 10.6. The van der Waals surface area contributed by atoms with Gasteiger partial charge in [-0.3, -0.25) is 0 Å². The zero-order valence-electron chi connectivity index (χ0n) is 10.4. The molecule has 0 saturated carbocycles. The molecule has 0 aliphatic heterocycles. The van der Waals surface area contributed by atoms with Crippen LogP contribution in [0.1, 0.15) is 25.0 Å². The first-order chi connectivity index (χ1) is 8.59. The van der Waals surface area contributed by atoms with Gasteiger partial charge >= 0.3 is 0 Å². The minimum Gasteiger partial charge on any atom is -0.0613 e. The van der Waals surface area contributed by atoms with Crippen LogP contribution in [0.4, 0.5) is 0 Å². The summed E-state index contributed by atoms with van der Waals surface area (Å²) in [5.41, 5.74) is 3.00. The lowest BCUT2D eigenvalue weighted by molar-refractivity contribution is 0.662. The molecule has 0 heterocycles. The lowest BCUT2D eigenvalue weighted by Crippen LogP contribution is -2.15. The number of hydrogen-bond donors (Lipinski definition) is 0. The van der Waals surface area contributed by atoms with E-state index in [0.29, 0.717) is 0 Å². The second kappa shape index (κ2) is 3.16. The zero-order chi connectivity index (χ0) is 12.5. The van der Waals surface area contributed by atoms with E-state index in [1.54, 1.807) is 0 Å². The van der Waals surface area contributed by atoms with E-state index in [0.717, 1.165) is 0 Å². The molecule has 4 rings (SSSR count). The lowest BCUT2D eigenvalue weighted by atomic mass is 9.82. The molecule has 0 nitrogen and oxygen atoms in total. The van der Waals surface area contributed by atoms with Crippen molar-refractivity contribution in [3.05, 3.63) is 58.1 Å². The summed E-state index contributed by atoms with van der Waals surface area (Å²) in [6.07, 6.45) is 0. The van der Waals surface area contributed by atoms with Gasteiger partial charge in [-0.1, -0.05) is 60.1 Å². The Balaban J connectivity index is 2.38. The van der Waals surface area contributed by atoms with Crippen LogP contribution in [-0.4, -0.2) is 0 Å². The molecule has 0 radical (unpaired) electrons. The van der Waals surface area contributed by atoms with Gasteiger partial charge in [-0.25, -0.2) is 0 Å². The smallest absolute Gasteiger partial charge is 0.0184 e. The van der Waals surface area contributed by atoms with Crippen LogP contribution < -0.4 is 0 Å². The second-order valence-electron chi connectivity index (χ2n) is 5.65. The molecule has 0 fully saturated rings. The molecular formula is C17H13Br. The molecule has 88 valence electrons. The van der Waals surface area contributed by atoms with Gasteiger partial charge in [0.05, 0.1) is 0 Å². The molecule has 1 aliphatic rings. The standard InChI is InChI=1S/C17H13Br/c1-17(2)13-5-3-4-10-6-7-11-8-12(18)9-14(17)16(11)15(10)13/h3-9H,1-2H3. The van der Waals surface area contributed by atoms with Gasteiger partial charge in [0.15, 0.2) is 0 Å². The topological polar surface area (TPSA) is 0 Å². The third-order valence-electron chi connectivity index (χ3n) is 4.27. The Kier molecular flexibility index (Phi) is 1.85. The molecule has 0 spiro atoms. The molecule has 0 amide bonds. The van der Waals surface area contributed by atoms with Crippen molar-refractivity contribution < 1.29 is 0 Å². The Morgan fingerprint density at radius 3 is 2.39 bits per heavy atom. The van der Waals surface area contributed by atoms with Gasteiger partial charge in [-0.2, -0.15) is 0 Å². The van der Waals surface area contributed by atoms with E-state index in [2.05, 4.69) is 72.2 Å². The van der Waals surface area contributed by atoms with Crippen molar-refractivity contribution in [3.63, 3.8) is 0 Å². The van der Waals surface area contributed by atoms with Crippen LogP contribution in [0.2, 0.25) is 0 Å². The van der Waals surface area contributed by atoms with E-state index in [1.165, 1.54) is 37.1 Å². The number of rotatable bonds is 0. The van der Waals surface area contributed by atoms with Gasteiger partial charge in [-0.15, -0.1) is 0 Å². The van der Waals surface area contributed by atoms with Crippen LogP contribution in [0.25, 0.3) is 21.5 Å². The Hall–Kier alpha value is -1.34. The van der Waals surface area contributed by atoms with Gasteiger partial charge in [0, 0.05) is 9.89 Å². The Morgan fingerprint density at radius 2 is 1.56 bits per heavy atom. The van der Waals surface area contributed by atoms with Crippen LogP contribution in [0, 0.1) is 0 Å². The van der Waals surface area contributed by atoms with E-state index in [1.807, 2.05) is 0 Å². The number of benzene rings is 3. The SMILES string of the molecule is CC1(C)c2cccc3ccc4cc(Br)cc1c4c23. The summed E-state index contributed by atoms with van der Waals surface area (Å²) >= 11 is 3.64. The highest BCUT2D eigenvalue weighted by molar-refractivity contribution is 9.10. The highest BCUT2D eigenvalue weighted by Crippen LogP contribution is 2.49. The highest BCUT2D eigenvalue weighted by Gasteiger charge is 2.33. The Bertz CT molecular complexity index is 813. The predicted molar refractivity (Wildman–Crippen MR) is 81.3 cm³/mol. The maximum Gasteiger partial charge on any atom is 0.0184 e. The largest absolute Gasteiger partial charge is 0.0613 e. The molecule has 0 N–H and O–H groups in total. The normalized spacial score (nSPS) is 15.9. The molecular weight excluding hydrogens is 284 g/mol. The maximum absolute atomic E-state index is 3.64. The van der Waals surface area contributed by atoms with Gasteiger partial charge in [0.1, 0.15) is 0 Å². The van der Waals surface area contributed by atoms with Gasteiger partial charge in [-0.05, 0) is 44.8 Å². The van der Waals surface area contributed by atoms with Gasteiger partial charge in [0.25, 0.3) is 0 Å². The van der Waals surface area contributed by atoms with Crippen LogP contribution >= 0.6 is 15.9 Å². The molecule has 0 aromatic heterocycles. The summed E-state index contributed by atoms with van der Waals surface area (Å²) in [5, 5.41) is 5.58. The van der Waals surface area contributed by atoms with Crippen molar-refractivity contribution in [1.82, 2.24) is 0 Å². The molecule has 3 aromatic rings. The van der Waals surface area contributed by atoms with Crippen LogP contribution in [0.15, 0.2) is 46.9 Å². The van der Waals surface area contributed by atoms with E-state index in [4.69, 9.17) is 0 Å². The summed E-state index contributed by atoms with van der Waals surface area (Å²) in [4.78, 5) is 0. The van der Waals surface area contributed by atoms with Crippen molar-refractivity contribution in [3.8, 4) is 0 Å². The summed E-state index contributed by atoms with van der Waals surface area (Å²) in [5.74, 6) is 0. The van der Waals surface area contributed by atoms with Gasteiger partial charge < -0.3 is 0 Å². The molecule has 0 saturated heterocycles. The minimum absolute atomic E-state index is 0.102. The highest BCUT2D eigenvalue weighted by atomic mass is 79.9. The third kappa shape index (κ3) is 1.11. The fourth-order valence-electron chi connectivity index (χ4n) is 3.36. The van der Waals surface area contributed by atoms with Crippen molar-refractivity contribution in [2.45, 2.75) is 19.3 Å². The second-order valence-corrected chi connectivity index (χ2v) is 6.56. The first-order valence-corrected chi connectivity index (χ1v) is 7.04. The van der Waals surface area contributed by atoms with Crippen LogP contribution in [0.3, 0.4) is 0 Å². The molecule has 0 bridgehead atoms. The molecule has 18 heavy (non-hydrogen) atoms. The molecule has 3 aromatic carbocycles. The summed E-state index contributed by atoms with van der Waals surface area (Å²) in [7, 11) is 0. The van der Waals surface area contributed by atoms with Crippen molar-refractivity contribution in [2.75, 3.05) is 0 Å². The number of hydrogen-bond acceptors (Lipinski definition) is 0.